The lowest BCUT2D eigenvalue weighted by Gasteiger charge is -2.44. The average Bonchev–Trinajstić information content (AvgIpc) is 2.95. The highest BCUT2D eigenvalue weighted by molar-refractivity contribution is 5.65. The molecule has 1 aromatic carbocycles. The summed E-state index contributed by atoms with van der Waals surface area (Å²) in [6.45, 7) is 2.11. The first-order valence-corrected chi connectivity index (χ1v) is 9.66. The second-order valence-electron chi connectivity index (χ2n) is 7.52. The monoisotopic (exact) mass is 380 g/mol. The Labute approximate surface area is 161 Å². The minimum atomic E-state index is -1.21. The van der Waals surface area contributed by atoms with Crippen molar-refractivity contribution in [2.24, 2.45) is 11.3 Å². The number of esters is 1. The summed E-state index contributed by atoms with van der Waals surface area (Å²) in [6.07, 6.45) is 2.66. The third-order valence-corrected chi connectivity index (χ3v) is 5.91. The molecule has 1 saturated carbocycles. The molecule has 1 fully saturated rings. The van der Waals surface area contributed by atoms with Gasteiger partial charge in [0, 0.05) is 37.9 Å². The van der Waals surface area contributed by atoms with Crippen molar-refractivity contribution in [1.82, 2.24) is 0 Å². The van der Waals surface area contributed by atoms with Crippen LogP contribution in [-0.4, -0.2) is 53.3 Å². The molecule has 6 heteroatoms. The quantitative estimate of drug-likeness (QED) is 0.402. The number of aliphatic hydroxyl groups excluding tert-OH is 2. The fourth-order valence-electron chi connectivity index (χ4n) is 4.29. The largest absolute Gasteiger partial charge is 0.465 e. The Kier molecular flexibility index (Phi) is 8.23. The molecule has 0 saturated heterocycles. The minimum absolute atomic E-state index is 0.0109. The Hall–Kier alpha value is -1.47. The molecule has 0 aliphatic heterocycles. The number of carbonyl (C=O) groups excluding carboxylic acids is 1. The molecule has 0 bridgehead atoms. The van der Waals surface area contributed by atoms with Crippen LogP contribution in [0, 0.1) is 11.3 Å². The van der Waals surface area contributed by atoms with Gasteiger partial charge in [-0.3, -0.25) is 4.79 Å². The molecule has 152 valence electrons. The predicted octanol–water partition coefficient (Wildman–Crippen LogP) is 2.05. The van der Waals surface area contributed by atoms with Gasteiger partial charge in [0.2, 0.25) is 0 Å². The van der Waals surface area contributed by atoms with E-state index < -0.39 is 11.0 Å². The highest BCUT2D eigenvalue weighted by Crippen LogP contribution is 2.54. The Balaban J connectivity index is 2.05. The number of ether oxygens (including phenoxy) is 2. The van der Waals surface area contributed by atoms with E-state index in [0.29, 0.717) is 45.3 Å². The second-order valence-corrected chi connectivity index (χ2v) is 7.52. The summed E-state index contributed by atoms with van der Waals surface area (Å²) < 4.78 is 10.9. The van der Waals surface area contributed by atoms with Crippen LogP contribution in [0.4, 0.5) is 0 Å². The maximum atomic E-state index is 11.6. The normalized spacial score (nSPS) is 27.6. The van der Waals surface area contributed by atoms with Gasteiger partial charge in [0.1, 0.15) is 0 Å². The average molecular weight is 380 g/mol. The van der Waals surface area contributed by atoms with Crippen molar-refractivity contribution in [2.75, 3.05) is 26.4 Å². The molecule has 0 radical (unpaired) electrons. The van der Waals surface area contributed by atoms with E-state index in [1.165, 1.54) is 6.92 Å². The van der Waals surface area contributed by atoms with Crippen LogP contribution in [0.25, 0.3) is 0 Å². The fourth-order valence-corrected chi connectivity index (χ4v) is 4.29. The molecule has 0 aromatic heterocycles. The second kappa shape index (κ2) is 10.2. The van der Waals surface area contributed by atoms with Gasteiger partial charge in [-0.05, 0) is 31.2 Å². The Bertz CT molecular complexity index is 577. The first-order chi connectivity index (χ1) is 13.0. The van der Waals surface area contributed by atoms with Crippen molar-refractivity contribution < 1.29 is 29.6 Å². The van der Waals surface area contributed by atoms with Crippen molar-refractivity contribution in [1.29, 1.82) is 0 Å². The van der Waals surface area contributed by atoms with E-state index in [4.69, 9.17) is 9.47 Å². The van der Waals surface area contributed by atoms with Gasteiger partial charge >= 0.3 is 5.97 Å². The molecule has 1 aromatic rings. The van der Waals surface area contributed by atoms with Gasteiger partial charge in [-0.1, -0.05) is 30.3 Å². The van der Waals surface area contributed by atoms with E-state index in [1.54, 1.807) is 0 Å². The van der Waals surface area contributed by atoms with Crippen LogP contribution in [-0.2, 0) is 20.9 Å². The van der Waals surface area contributed by atoms with Crippen LogP contribution in [0.5, 0.6) is 0 Å². The van der Waals surface area contributed by atoms with Crippen LogP contribution in [0.2, 0.25) is 0 Å². The van der Waals surface area contributed by atoms with E-state index >= 15 is 0 Å². The number of carbonyl (C=O) groups is 1. The first kappa shape index (κ1) is 21.8. The summed E-state index contributed by atoms with van der Waals surface area (Å²) in [6, 6.07) is 9.80. The number of benzene rings is 1. The molecular formula is C21H32O6. The van der Waals surface area contributed by atoms with Gasteiger partial charge in [-0.2, -0.15) is 0 Å². The van der Waals surface area contributed by atoms with Crippen molar-refractivity contribution in [3.63, 3.8) is 0 Å². The Morgan fingerprint density at radius 1 is 1.22 bits per heavy atom. The fraction of sp³-hybridized carbons (Fsp3) is 0.667. The standard InChI is InChI=1S/C21H32O6/c1-17(24)27-15-19-8-10-20(16-23,9-5-12-22)21(19,25)11-13-26-14-18-6-3-2-4-7-18/h2-4,6-7,19,22-23,25H,5,8-16H2,1H3/t19-,20+,21+/m0/s1. The van der Waals surface area contributed by atoms with Crippen LogP contribution >= 0.6 is 0 Å². The van der Waals surface area contributed by atoms with E-state index in [2.05, 4.69) is 0 Å². The lowest BCUT2D eigenvalue weighted by Crippen LogP contribution is -2.52. The first-order valence-electron chi connectivity index (χ1n) is 9.66. The third-order valence-electron chi connectivity index (χ3n) is 5.91. The Morgan fingerprint density at radius 3 is 2.59 bits per heavy atom. The summed E-state index contributed by atoms with van der Waals surface area (Å²) in [4.78, 5) is 11.2. The number of hydrogen-bond acceptors (Lipinski definition) is 6. The molecule has 0 unspecified atom stereocenters. The molecule has 1 aliphatic carbocycles. The van der Waals surface area contributed by atoms with E-state index in [-0.39, 0.29) is 31.7 Å². The van der Waals surface area contributed by atoms with Gasteiger partial charge in [0.25, 0.3) is 0 Å². The molecule has 1 aliphatic rings. The molecule has 0 amide bonds. The zero-order valence-corrected chi connectivity index (χ0v) is 16.1. The molecule has 3 N–H and O–H groups in total. The molecular weight excluding hydrogens is 348 g/mol. The third kappa shape index (κ3) is 5.29. The molecule has 0 spiro atoms. The van der Waals surface area contributed by atoms with Gasteiger partial charge in [-0.15, -0.1) is 0 Å². The lowest BCUT2D eigenvalue weighted by molar-refractivity contribution is -0.157. The van der Waals surface area contributed by atoms with E-state index in [1.807, 2.05) is 30.3 Å². The molecule has 0 heterocycles. The topological polar surface area (TPSA) is 96.2 Å². The lowest BCUT2D eigenvalue weighted by atomic mass is 9.67. The summed E-state index contributed by atoms with van der Waals surface area (Å²) in [5.41, 5.74) is -0.860. The van der Waals surface area contributed by atoms with Gasteiger partial charge in [0.05, 0.1) is 25.4 Å². The minimum Gasteiger partial charge on any atom is -0.465 e. The van der Waals surface area contributed by atoms with Crippen molar-refractivity contribution in [3.05, 3.63) is 35.9 Å². The zero-order chi connectivity index (χ0) is 19.8. The smallest absolute Gasteiger partial charge is 0.302 e. The predicted molar refractivity (Wildman–Crippen MR) is 101 cm³/mol. The summed E-state index contributed by atoms with van der Waals surface area (Å²) in [5, 5.41) is 30.9. The molecule has 2 rings (SSSR count). The SMILES string of the molecule is CC(=O)OC[C@@H]1CC[C@@](CO)(CCCO)[C@@]1(O)CCOCc1ccccc1. The highest BCUT2D eigenvalue weighted by atomic mass is 16.5. The van der Waals surface area contributed by atoms with Crippen molar-refractivity contribution in [2.45, 2.75) is 51.2 Å². The zero-order valence-electron chi connectivity index (χ0n) is 16.1. The van der Waals surface area contributed by atoms with Crippen LogP contribution in [0.1, 0.15) is 44.6 Å². The van der Waals surface area contributed by atoms with Gasteiger partial charge < -0.3 is 24.8 Å². The highest BCUT2D eigenvalue weighted by Gasteiger charge is 2.58. The van der Waals surface area contributed by atoms with Gasteiger partial charge in [-0.25, -0.2) is 0 Å². The summed E-state index contributed by atoms with van der Waals surface area (Å²) >= 11 is 0. The van der Waals surface area contributed by atoms with Crippen molar-refractivity contribution in [3.8, 4) is 0 Å². The molecule has 3 atom stereocenters. The molecule has 27 heavy (non-hydrogen) atoms. The maximum Gasteiger partial charge on any atom is 0.302 e. The maximum absolute atomic E-state index is 11.6. The number of rotatable bonds is 11. The molecule has 6 nitrogen and oxygen atoms in total. The van der Waals surface area contributed by atoms with Gasteiger partial charge in [0.15, 0.2) is 0 Å². The summed E-state index contributed by atoms with van der Waals surface area (Å²) in [5.74, 6) is -0.637. The van der Waals surface area contributed by atoms with Crippen LogP contribution in [0.15, 0.2) is 30.3 Å². The Morgan fingerprint density at radius 2 is 1.96 bits per heavy atom. The summed E-state index contributed by atoms with van der Waals surface area (Å²) in [7, 11) is 0. The van der Waals surface area contributed by atoms with E-state index in [0.717, 1.165) is 5.56 Å². The van der Waals surface area contributed by atoms with E-state index in [9.17, 15) is 20.1 Å². The van der Waals surface area contributed by atoms with Crippen molar-refractivity contribution >= 4 is 5.97 Å². The van der Waals surface area contributed by atoms with Crippen LogP contribution < -0.4 is 0 Å². The number of hydrogen-bond donors (Lipinski definition) is 3. The number of aliphatic hydroxyl groups is 3. The van der Waals surface area contributed by atoms with Crippen LogP contribution in [0.3, 0.4) is 0 Å².